The summed E-state index contributed by atoms with van der Waals surface area (Å²) in [5, 5.41) is 5.04. The van der Waals surface area contributed by atoms with Gasteiger partial charge in [0.2, 0.25) is 0 Å². The van der Waals surface area contributed by atoms with E-state index in [0.717, 1.165) is 25.9 Å². The largest absolute Gasteiger partial charge is 0.350 e. The number of carbonyl (C=O) groups excluding carboxylic acids is 1. The molecule has 2 heterocycles. The second-order valence-electron chi connectivity index (χ2n) is 8.07. The molecule has 9 heteroatoms. The minimum atomic E-state index is -3.94. The van der Waals surface area contributed by atoms with E-state index in [4.69, 9.17) is 0 Å². The average Bonchev–Trinajstić information content (AvgIpc) is 3.50. The number of rotatable bonds is 8. The summed E-state index contributed by atoms with van der Waals surface area (Å²) in [5.41, 5.74) is 1.23. The zero-order valence-corrected chi connectivity index (χ0v) is 19.9. The number of nitrogens with zero attached hydrogens (tertiary/aromatic N) is 1. The number of hydrogen-bond donors (Lipinski definition) is 2. The maximum Gasteiger partial charge on any atom is 0.261 e. The van der Waals surface area contributed by atoms with E-state index in [1.165, 1.54) is 41.3 Å². The molecular formula is C24H26FN3O3S2. The number of benzene rings is 2. The van der Waals surface area contributed by atoms with Crippen LogP contribution in [0.15, 0.2) is 64.9 Å². The van der Waals surface area contributed by atoms with Crippen LogP contribution >= 0.6 is 11.3 Å². The molecule has 2 aromatic carbocycles. The van der Waals surface area contributed by atoms with E-state index < -0.39 is 15.8 Å². The van der Waals surface area contributed by atoms with Gasteiger partial charge in [-0.3, -0.25) is 14.4 Å². The Morgan fingerprint density at radius 1 is 1.12 bits per heavy atom. The highest BCUT2D eigenvalue weighted by atomic mass is 32.2. The van der Waals surface area contributed by atoms with Crippen LogP contribution in [0.3, 0.4) is 0 Å². The molecule has 0 aliphatic carbocycles. The van der Waals surface area contributed by atoms with E-state index in [1.54, 1.807) is 24.3 Å². The summed E-state index contributed by atoms with van der Waals surface area (Å²) in [5.74, 6) is -0.769. The van der Waals surface area contributed by atoms with E-state index >= 15 is 0 Å². The first kappa shape index (κ1) is 23.4. The first-order chi connectivity index (χ1) is 15.8. The molecule has 1 atom stereocenters. The molecule has 1 unspecified atom stereocenters. The molecule has 6 nitrogen and oxygen atoms in total. The normalized spacial score (nSPS) is 15.3. The third-order valence-corrected chi connectivity index (χ3v) is 8.12. The Morgan fingerprint density at radius 3 is 2.52 bits per heavy atom. The molecule has 4 rings (SSSR count). The lowest BCUT2D eigenvalue weighted by Gasteiger charge is -2.27. The molecule has 1 aromatic heterocycles. The standard InChI is InChI=1S/C24H26FN3O3S2/c1-17-6-11-20(33(30,31)27-19-9-7-18(25)8-10-19)15-21(17)24(29)26-16-22(23-5-4-14-32-23)28-12-2-3-13-28/h4-11,14-15,22,27H,2-3,12-13,16H2,1H3,(H,26,29). The smallest absolute Gasteiger partial charge is 0.261 e. The van der Waals surface area contributed by atoms with Crippen molar-refractivity contribution >= 4 is 33.0 Å². The fraction of sp³-hybridized carbons (Fsp3) is 0.292. The van der Waals surface area contributed by atoms with Crippen LogP contribution < -0.4 is 10.0 Å². The molecule has 0 spiro atoms. The number of nitrogens with one attached hydrogen (secondary N) is 2. The van der Waals surface area contributed by atoms with Crippen molar-refractivity contribution in [3.05, 3.63) is 81.8 Å². The van der Waals surface area contributed by atoms with Gasteiger partial charge in [-0.05, 0) is 86.3 Å². The molecule has 1 saturated heterocycles. The molecule has 2 N–H and O–H groups in total. The summed E-state index contributed by atoms with van der Waals surface area (Å²) in [6, 6.07) is 13.7. The Bertz CT molecular complexity index is 1210. The lowest BCUT2D eigenvalue weighted by Crippen LogP contribution is -2.36. The first-order valence-corrected chi connectivity index (χ1v) is 13.1. The fourth-order valence-corrected chi connectivity index (χ4v) is 5.92. The number of carbonyl (C=O) groups is 1. The Balaban J connectivity index is 1.50. The first-order valence-electron chi connectivity index (χ1n) is 10.8. The maximum atomic E-state index is 13.1. The summed E-state index contributed by atoms with van der Waals surface area (Å²) in [7, 11) is -3.94. The molecule has 33 heavy (non-hydrogen) atoms. The number of likely N-dealkylation sites (tertiary alicyclic amines) is 1. The van der Waals surface area contributed by atoms with Crippen LogP contribution in [0.2, 0.25) is 0 Å². The van der Waals surface area contributed by atoms with Crippen molar-refractivity contribution in [3.63, 3.8) is 0 Å². The van der Waals surface area contributed by atoms with Crippen molar-refractivity contribution in [2.75, 3.05) is 24.4 Å². The Labute approximate surface area is 197 Å². The van der Waals surface area contributed by atoms with Crippen molar-refractivity contribution in [3.8, 4) is 0 Å². The highest BCUT2D eigenvalue weighted by Crippen LogP contribution is 2.28. The summed E-state index contributed by atoms with van der Waals surface area (Å²) in [4.78, 5) is 16.6. The predicted octanol–water partition coefficient (Wildman–Crippen LogP) is 4.56. The van der Waals surface area contributed by atoms with Crippen molar-refractivity contribution in [2.24, 2.45) is 0 Å². The number of amides is 1. The number of sulfonamides is 1. The van der Waals surface area contributed by atoms with Crippen molar-refractivity contribution in [1.82, 2.24) is 10.2 Å². The summed E-state index contributed by atoms with van der Waals surface area (Å²) in [6.07, 6.45) is 2.30. The molecule has 174 valence electrons. The van der Waals surface area contributed by atoms with Gasteiger partial charge < -0.3 is 5.32 Å². The molecule has 1 amide bonds. The van der Waals surface area contributed by atoms with Gasteiger partial charge in [-0.25, -0.2) is 12.8 Å². The summed E-state index contributed by atoms with van der Waals surface area (Å²) in [6.45, 7) is 4.22. The lowest BCUT2D eigenvalue weighted by molar-refractivity contribution is 0.0937. The number of aryl methyl sites for hydroxylation is 1. The second-order valence-corrected chi connectivity index (χ2v) is 10.7. The quantitative estimate of drug-likeness (QED) is 0.488. The van der Waals surface area contributed by atoms with Crippen LogP contribution in [0, 0.1) is 12.7 Å². The Kier molecular flexibility index (Phi) is 7.11. The van der Waals surface area contributed by atoms with E-state index in [2.05, 4.69) is 21.0 Å². The molecule has 0 saturated carbocycles. The monoisotopic (exact) mass is 487 g/mol. The topological polar surface area (TPSA) is 78.5 Å². The minimum absolute atomic E-state index is 0.0306. The van der Waals surface area contributed by atoms with Gasteiger partial charge in [-0.15, -0.1) is 11.3 Å². The lowest BCUT2D eigenvalue weighted by atomic mass is 10.1. The van der Waals surface area contributed by atoms with Gasteiger partial charge in [-0.2, -0.15) is 0 Å². The van der Waals surface area contributed by atoms with Crippen LogP contribution in [0.1, 0.15) is 39.7 Å². The van der Waals surface area contributed by atoms with Crippen LogP contribution in [-0.2, 0) is 10.0 Å². The van der Waals surface area contributed by atoms with E-state index in [1.807, 2.05) is 11.4 Å². The van der Waals surface area contributed by atoms with Crippen LogP contribution in [-0.4, -0.2) is 38.9 Å². The van der Waals surface area contributed by atoms with Crippen LogP contribution in [0.5, 0.6) is 0 Å². The number of hydrogen-bond acceptors (Lipinski definition) is 5. The third-order valence-electron chi connectivity index (χ3n) is 5.77. The van der Waals surface area contributed by atoms with Gasteiger partial charge in [0.05, 0.1) is 10.9 Å². The molecule has 0 bridgehead atoms. The summed E-state index contributed by atoms with van der Waals surface area (Å²) < 4.78 is 41.2. The zero-order valence-electron chi connectivity index (χ0n) is 18.3. The maximum absolute atomic E-state index is 13.1. The number of halogens is 1. The highest BCUT2D eigenvalue weighted by Gasteiger charge is 2.25. The van der Waals surface area contributed by atoms with Crippen molar-refractivity contribution < 1.29 is 17.6 Å². The molecule has 1 aliphatic heterocycles. The zero-order chi connectivity index (χ0) is 23.4. The van der Waals surface area contributed by atoms with Crippen LogP contribution in [0.25, 0.3) is 0 Å². The van der Waals surface area contributed by atoms with Gasteiger partial charge in [0, 0.05) is 22.7 Å². The fourth-order valence-electron chi connectivity index (χ4n) is 3.97. The SMILES string of the molecule is Cc1ccc(S(=O)(=O)Nc2ccc(F)cc2)cc1C(=O)NCC(c1cccs1)N1CCCC1. The average molecular weight is 488 g/mol. The summed E-state index contributed by atoms with van der Waals surface area (Å²) >= 11 is 1.67. The molecule has 1 aliphatic rings. The molecule has 1 fully saturated rings. The Morgan fingerprint density at radius 2 is 1.85 bits per heavy atom. The van der Waals surface area contributed by atoms with Gasteiger partial charge >= 0.3 is 0 Å². The predicted molar refractivity (Wildman–Crippen MR) is 129 cm³/mol. The van der Waals surface area contributed by atoms with Gasteiger partial charge in [-0.1, -0.05) is 12.1 Å². The molecule has 3 aromatic rings. The van der Waals surface area contributed by atoms with Crippen LogP contribution in [0.4, 0.5) is 10.1 Å². The number of anilines is 1. The van der Waals surface area contributed by atoms with Crippen molar-refractivity contribution in [1.29, 1.82) is 0 Å². The Hall–Kier alpha value is -2.75. The van der Waals surface area contributed by atoms with Gasteiger partial charge in [0.15, 0.2) is 0 Å². The number of thiophene rings is 1. The van der Waals surface area contributed by atoms with Crippen molar-refractivity contribution in [2.45, 2.75) is 30.7 Å². The third kappa shape index (κ3) is 5.61. The second kappa shape index (κ2) is 10.0. The van der Waals surface area contributed by atoms with Gasteiger partial charge in [0.25, 0.3) is 15.9 Å². The molecular weight excluding hydrogens is 461 g/mol. The van der Waals surface area contributed by atoms with E-state index in [0.29, 0.717) is 17.7 Å². The van der Waals surface area contributed by atoms with Gasteiger partial charge in [0.1, 0.15) is 5.82 Å². The minimum Gasteiger partial charge on any atom is -0.350 e. The molecule has 0 radical (unpaired) electrons. The van der Waals surface area contributed by atoms with E-state index in [-0.39, 0.29) is 22.5 Å². The highest BCUT2D eigenvalue weighted by molar-refractivity contribution is 7.92. The van der Waals surface area contributed by atoms with E-state index in [9.17, 15) is 17.6 Å².